The molecule has 0 saturated carbocycles. The SMILES string of the molecule is COc1cc2[nH]c3c(=O)n(N=CC(C)=Cc4ccccc4)c(=O)[nH]c3c2cc1OC. The summed E-state index contributed by atoms with van der Waals surface area (Å²) in [4.78, 5) is 31.2. The minimum absolute atomic E-state index is 0.238. The Morgan fingerprint density at radius 3 is 2.40 bits per heavy atom. The zero-order valence-electron chi connectivity index (χ0n) is 16.7. The molecule has 2 aromatic heterocycles. The van der Waals surface area contributed by atoms with Gasteiger partial charge in [0, 0.05) is 11.5 Å². The van der Waals surface area contributed by atoms with Gasteiger partial charge in [-0.1, -0.05) is 36.4 Å². The van der Waals surface area contributed by atoms with Gasteiger partial charge in [-0.2, -0.15) is 5.10 Å². The maximum Gasteiger partial charge on any atom is 0.350 e. The topological polar surface area (TPSA) is 101 Å². The summed E-state index contributed by atoms with van der Waals surface area (Å²) in [6, 6.07) is 13.1. The summed E-state index contributed by atoms with van der Waals surface area (Å²) in [7, 11) is 3.05. The van der Waals surface area contributed by atoms with Gasteiger partial charge in [0.1, 0.15) is 5.52 Å². The molecule has 0 unspecified atom stereocenters. The molecular weight excluding hydrogens is 384 g/mol. The third-order valence-electron chi connectivity index (χ3n) is 4.70. The van der Waals surface area contributed by atoms with Crippen LogP contribution >= 0.6 is 0 Å². The number of fused-ring (bicyclic) bond motifs is 3. The third-order valence-corrected chi connectivity index (χ3v) is 4.70. The number of benzene rings is 2. The quantitative estimate of drug-likeness (QED) is 0.499. The van der Waals surface area contributed by atoms with Crippen LogP contribution in [0, 0.1) is 0 Å². The van der Waals surface area contributed by atoms with Gasteiger partial charge >= 0.3 is 11.2 Å². The highest BCUT2D eigenvalue weighted by molar-refractivity contribution is 6.05. The molecule has 152 valence electrons. The second-order valence-corrected chi connectivity index (χ2v) is 6.72. The van der Waals surface area contributed by atoms with Gasteiger partial charge in [0.05, 0.1) is 31.5 Å². The lowest BCUT2D eigenvalue weighted by atomic mass is 10.1. The summed E-state index contributed by atoms with van der Waals surface area (Å²) >= 11 is 0. The molecule has 0 fully saturated rings. The van der Waals surface area contributed by atoms with Gasteiger partial charge in [-0.15, -0.1) is 4.68 Å². The maximum absolute atomic E-state index is 12.9. The highest BCUT2D eigenvalue weighted by Gasteiger charge is 2.15. The highest BCUT2D eigenvalue weighted by Crippen LogP contribution is 2.34. The fourth-order valence-corrected chi connectivity index (χ4v) is 3.27. The number of hydrogen-bond donors (Lipinski definition) is 2. The smallest absolute Gasteiger partial charge is 0.350 e. The van der Waals surface area contributed by atoms with E-state index in [-0.39, 0.29) is 5.52 Å². The molecule has 0 saturated heterocycles. The maximum atomic E-state index is 12.9. The minimum Gasteiger partial charge on any atom is -0.493 e. The van der Waals surface area contributed by atoms with Crippen LogP contribution in [0.5, 0.6) is 11.5 Å². The average Bonchev–Trinajstić information content (AvgIpc) is 3.10. The number of H-pyrrole nitrogens is 2. The lowest BCUT2D eigenvalue weighted by Crippen LogP contribution is -2.32. The Morgan fingerprint density at radius 1 is 1.00 bits per heavy atom. The van der Waals surface area contributed by atoms with Crippen molar-refractivity contribution in [2.75, 3.05) is 14.2 Å². The zero-order chi connectivity index (χ0) is 21.3. The first kappa shape index (κ1) is 19.3. The van der Waals surface area contributed by atoms with Crippen LogP contribution in [0.15, 0.2) is 62.7 Å². The first-order valence-corrected chi connectivity index (χ1v) is 9.22. The first-order chi connectivity index (χ1) is 14.5. The first-order valence-electron chi connectivity index (χ1n) is 9.22. The molecule has 4 rings (SSSR count). The van der Waals surface area contributed by atoms with Gasteiger partial charge in [-0.25, -0.2) is 4.79 Å². The van der Waals surface area contributed by atoms with Crippen LogP contribution in [0.1, 0.15) is 12.5 Å². The monoisotopic (exact) mass is 404 g/mol. The van der Waals surface area contributed by atoms with Gasteiger partial charge in [-0.05, 0) is 24.1 Å². The lowest BCUT2D eigenvalue weighted by molar-refractivity contribution is 0.356. The van der Waals surface area contributed by atoms with E-state index < -0.39 is 11.2 Å². The summed E-state index contributed by atoms with van der Waals surface area (Å²) in [5, 5.41) is 4.73. The number of ether oxygens (including phenoxy) is 2. The summed E-state index contributed by atoms with van der Waals surface area (Å²) in [6.07, 6.45) is 3.38. The summed E-state index contributed by atoms with van der Waals surface area (Å²) in [5.74, 6) is 1.01. The standard InChI is InChI=1S/C22H20N4O4/c1-13(9-14-7-5-4-6-8-14)12-23-26-21(27)20-19(25-22(26)28)15-10-17(29-2)18(30-3)11-16(15)24-20/h4-12,24H,1-3H3,(H,25,28). The molecule has 2 aromatic carbocycles. The molecule has 4 aromatic rings. The van der Waals surface area contributed by atoms with Crippen LogP contribution in [0.2, 0.25) is 0 Å². The number of rotatable bonds is 5. The number of methoxy groups -OCH3 is 2. The molecule has 0 bridgehead atoms. The normalized spacial score (nSPS) is 12.2. The largest absolute Gasteiger partial charge is 0.493 e. The summed E-state index contributed by atoms with van der Waals surface area (Å²) in [5.41, 5.74) is 1.87. The molecule has 0 atom stereocenters. The van der Waals surface area contributed by atoms with E-state index in [1.165, 1.54) is 20.4 Å². The number of hydrogen-bond acceptors (Lipinski definition) is 5. The molecular formula is C22H20N4O4. The van der Waals surface area contributed by atoms with Crippen LogP contribution in [0.3, 0.4) is 0 Å². The lowest BCUT2D eigenvalue weighted by Gasteiger charge is -2.06. The van der Waals surface area contributed by atoms with Gasteiger partial charge in [-0.3, -0.25) is 4.79 Å². The van der Waals surface area contributed by atoms with Crippen molar-refractivity contribution >= 4 is 34.2 Å². The van der Waals surface area contributed by atoms with Crippen molar-refractivity contribution in [3.63, 3.8) is 0 Å². The Balaban J connectivity index is 1.82. The van der Waals surface area contributed by atoms with E-state index >= 15 is 0 Å². The van der Waals surface area contributed by atoms with Gasteiger partial charge in [0.25, 0.3) is 0 Å². The van der Waals surface area contributed by atoms with Crippen molar-refractivity contribution in [3.05, 3.63) is 74.4 Å². The molecule has 0 amide bonds. The van der Waals surface area contributed by atoms with Crippen LogP contribution < -0.4 is 20.7 Å². The molecule has 0 aliphatic carbocycles. The van der Waals surface area contributed by atoms with Crippen molar-refractivity contribution < 1.29 is 9.47 Å². The van der Waals surface area contributed by atoms with Crippen LogP contribution in [-0.4, -0.2) is 35.1 Å². The van der Waals surface area contributed by atoms with E-state index in [1.54, 1.807) is 12.1 Å². The molecule has 30 heavy (non-hydrogen) atoms. The Morgan fingerprint density at radius 2 is 1.70 bits per heavy atom. The van der Waals surface area contributed by atoms with Crippen molar-refractivity contribution in [2.45, 2.75) is 6.92 Å². The van der Waals surface area contributed by atoms with E-state index in [2.05, 4.69) is 15.1 Å². The molecule has 8 nitrogen and oxygen atoms in total. The van der Waals surface area contributed by atoms with Crippen molar-refractivity contribution in [3.8, 4) is 11.5 Å². The predicted molar refractivity (Wildman–Crippen MR) is 118 cm³/mol. The molecule has 0 aliphatic heterocycles. The highest BCUT2D eigenvalue weighted by atomic mass is 16.5. The predicted octanol–water partition coefficient (Wildman–Crippen LogP) is 3.13. The second kappa shape index (κ2) is 7.75. The molecule has 8 heteroatoms. The van der Waals surface area contributed by atoms with E-state index in [4.69, 9.17) is 9.47 Å². The number of nitrogens with zero attached hydrogens (tertiary/aromatic N) is 2. The Kier molecular flexibility index (Phi) is 4.97. The molecule has 0 radical (unpaired) electrons. The molecule has 2 N–H and O–H groups in total. The van der Waals surface area contributed by atoms with E-state index in [0.717, 1.165) is 15.8 Å². The molecule has 2 heterocycles. The van der Waals surface area contributed by atoms with Gasteiger partial charge in [0.15, 0.2) is 11.5 Å². The number of aromatic nitrogens is 3. The van der Waals surface area contributed by atoms with Gasteiger partial charge in [0.2, 0.25) is 0 Å². The molecule has 0 aliphatic rings. The second-order valence-electron chi connectivity index (χ2n) is 6.72. The summed E-state index contributed by atoms with van der Waals surface area (Å²) < 4.78 is 11.4. The number of aromatic amines is 2. The number of nitrogens with one attached hydrogen (secondary N) is 2. The number of allylic oxidation sites excluding steroid dienone is 1. The van der Waals surface area contributed by atoms with Crippen LogP contribution in [0.4, 0.5) is 0 Å². The minimum atomic E-state index is -0.632. The zero-order valence-corrected chi connectivity index (χ0v) is 16.7. The Hall–Kier alpha value is -4.07. The Bertz CT molecular complexity index is 1410. The molecule has 0 spiro atoms. The Labute approximate surface area is 171 Å². The fourth-order valence-electron chi connectivity index (χ4n) is 3.27. The third kappa shape index (κ3) is 3.39. The summed E-state index contributed by atoms with van der Waals surface area (Å²) in [6.45, 7) is 1.84. The van der Waals surface area contributed by atoms with Crippen LogP contribution in [0.25, 0.3) is 28.0 Å². The average molecular weight is 404 g/mol. The van der Waals surface area contributed by atoms with Crippen molar-refractivity contribution in [1.29, 1.82) is 0 Å². The van der Waals surface area contributed by atoms with E-state index in [1.807, 2.05) is 43.3 Å². The van der Waals surface area contributed by atoms with Crippen molar-refractivity contribution in [1.82, 2.24) is 14.6 Å². The van der Waals surface area contributed by atoms with Crippen molar-refractivity contribution in [2.24, 2.45) is 5.10 Å². The fraction of sp³-hybridized carbons (Fsp3) is 0.136. The van der Waals surface area contributed by atoms with Gasteiger partial charge < -0.3 is 19.4 Å². The van der Waals surface area contributed by atoms with E-state index in [0.29, 0.717) is 27.9 Å². The van der Waals surface area contributed by atoms with E-state index in [9.17, 15) is 9.59 Å². The van der Waals surface area contributed by atoms with Crippen LogP contribution in [-0.2, 0) is 0 Å².